The highest BCUT2D eigenvalue weighted by Gasteiger charge is 2.49. The Morgan fingerprint density at radius 3 is 2.65 bits per heavy atom. The number of anilines is 3. The summed E-state index contributed by atoms with van der Waals surface area (Å²) in [4.78, 5) is 47.5. The Morgan fingerprint density at radius 2 is 1.91 bits per heavy atom. The highest BCUT2D eigenvalue weighted by molar-refractivity contribution is 6.04. The number of halogens is 1. The molecule has 4 N–H and O–H groups in total. The van der Waals surface area contributed by atoms with Gasteiger partial charge in [-0.2, -0.15) is 0 Å². The molecule has 4 aliphatic rings. The van der Waals surface area contributed by atoms with Crippen LogP contribution in [0.5, 0.6) is 11.6 Å². The van der Waals surface area contributed by atoms with E-state index >= 15 is 4.39 Å². The summed E-state index contributed by atoms with van der Waals surface area (Å²) < 4.78 is 21.5. The number of fused-ring (bicyclic) bond motifs is 3. The topological polar surface area (TPSA) is 165 Å². The van der Waals surface area contributed by atoms with Crippen LogP contribution in [0.25, 0.3) is 11.3 Å². The van der Waals surface area contributed by atoms with Crippen molar-refractivity contribution in [2.24, 2.45) is 0 Å². The first-order chi connectivity index (χ1) is 26.2. The molecule has 3 amide bonds. The van der Waals surface area contributed by atoms with Crippen LogP contribution in [0, 0.1) is 5.82 Å². The number of carbonyl (C=O) groups excluding carboxylic acids is 3. The molecular weight excluding hydrogens is 693 g/mol. The Hall–Kier alpha value is -5.83. The van der Waals surface area contributed by atoms with E-state index in [0.29, 0.717) is 49.0 Å². The van der Waals surface area contributed by atoms with Gasteiger partial charge in [0.05, 0.1) is 29.0 Å². The van der Waals surface area contributed by atoms with Crippen LogP contribution >= 0.6 is 0 Å². The number of aromatic hydroxyl groups is 1. The van der Waals surface area contributed by atoms with Gasteiger partial charge in [0.2, 0.25) is 17.7 Å². The number of hydrogen-bond acceptors (Lipinski definition) is 12. The van der Waals surface area contributed by atoms with Gasteiger partial charge in [-0.1, -0.05) is 25.1 Å². The molecular formula is C39H42FN9O5. The lowest BCUT2D eigenvalue weighted by Crippen LogP contribution is -2.52. The summed E-state index contributed by atoms with van der Waals surface area (Å²) in [5, 5.41) is 27.5. The molecule has 6 heterocycles. The number of piperidine rings is 1. The number of amides is 3. The molecule has 1 unspecified atom stereocenters. The van der Waals surface area contributed by atoms with Crippen LogP contribution in [0.1, 0.15) is 48.5 Å². The number of phenols is 1. The fourth-order valence-electron chi connectivity index (χ4n) is 7.96. The summed E-state index contributed by atoms with van der Waals surface area (Å²) in [6, 6.07) is 16.7. The van der Waals surface area contributed by atoms with Crippen molar-refractivity contribution in [3.63, 3.8) is 0 Å². The predicted octanol–water partition coefficient (Wildman–Crippen LogP) is 3.47. The van der Waals surface area contributed by atoms with E-state index in [1.54, 1.807) is 18.2 Å². The van der Waals surface area contributed by atoms with Crippen molar-refractivity contribution in [2.75, 3.05) is 54.4 Å². The van der Waals surface area contributed by atoms with E-state index in [0.717, 1.165) is 49.5 Å². The number of para-hydroxylation sites is 1. The second-order valence-corrected chi connectivity index (χ2v) is 14.4. The maximum absolute atomic E-state index is 15.1. The minimum Gasteiger partial charge on any atom is -0.507 e. The summed E-state index contributed by atoms with van der Waals surface area (Å²) in [6.07, 6.45) is 3.82. The number of nitrogens with zero attached hydrogens (tertiary/aromatic N) is 6. The van der Waals surface area contributed by atoms with Crippen molar-refractivity contribution in [1.29, 1.82) is 0 Å². The number of piperazine rings is 1. The van der Waals surface area contributed by atoms with Gasteiger partial charge in [-0.3, -0.25) is 24.6 Å². The van der Waals surface area contributed by atoms with Gasteiger partial charge in [0.15, 0.2) is 5.82 Å². The highest BCUT2D eigenvalue weighted by atomic mass is 19.1. The Labute approximate surface area is 311 Å². The number of aromatic nitrogens is 3. The SMILES string of the molecule is CC[C@]12CNc3nnc(-c4ccccc4O)cc3N1C[C@H](Oc1ccc(CN3CCN(c4ccc(C(=O)NC5CCC(=O)NC5=O)c(F)c4)CC3)cn1)C2. The van der Waals surface area contributed by atoms with E-state index in [1.165, 1.54) is 12.1 Å². The molecule has 2 aromatic heterocycles. The van der Waals surface area contributed by atoms with Crippen molar-refractivity contribution >= 4 is 34.9 Å². The minimum atomic E-state index is -0.871. The Bertz CT molecular complexity index is 2080. The zero-order valence-electron chi connectivity index (χ0n) is 29.9. The van der Waals surface area contributed by atoms with Crippen molar-refractivity contribution in [3.05, 3.63) is 83.8 Å². The molecule has 8 rings (SSSR count). The van der Waals surface area contributed by atoms with E-state index in [2.05, 4.69) is 52.8 Å². The number of rotatable bonds is 9. The molecule has 3 atom stereocenters. The lowest BCUT2D eigenvalue weighted by Gasteiger charge is -2.43. The molecule has 14 nitrogen and oxygen atoms in total. The maximum Gasteiger partial charge on any atom is 0.254 e. The van der Waals surface area contributed by atoms with E-state index in [4.69, 9.17) is 4.74 Å². The van der Waals surface area contributed by atoms with E-state index in [1.807, 2.05) is 36.5 Å². The Morgan fingerprint density at radius 1 is 1.07 bits per heavy atom. The molecule has 3 fully saturated rings. The predicted molar refractivity (Wildman–Crippen MR) is 199 cm³/mol. The van der Waals surface area contributed by atoms with Crippen molar-refractivity contribution in [3.8, 4) is 22.9 Å². The summed E-state index contributed by atoms with van der Waals surface area (Å²) >= 11 is 0. The summed E-state index contributed by atoms with van der Waals surface area (Å²) in [6.45, 7) is 7.20. The molecule has 3 saturated heterocycles. The van der Waals surface area contributed by atoms with E-state index in [-0.39, 0.29) is 41.7 Å². The number of hydrogen-bond donors (Lipinski definition) is 4. The zero-order valence-corrected chi connectivity index (χ0v) is 29.9. The van der Waals surface area contributed by atoms with Gasteiger partial charge >= 0.3 is 0 Å². The van der Waals surface area contributed by atoms with Crippen LogP contribution in [0.3, 0.4) is 0 Å². The van der Waals surface area contributed by atoms with Crippen LogP contribution in [-0.4, -0.2) is 99.9 Å². The summed E-state index contributed by atoms with van der Waals surface area (Å²) in [5.41, 5.74) is 3.65. The number of ether oxygens (including phenoxy) is 1. The second-order valence-electron chi connectivity index (χ2n) is 14.4. The van der Waals surface area contributed by atoms with Crippen LogP contribution < -0.4 is 30.5 Å². The summed E-state index contributed by atoms with van der Waals surface area (Å²) in [5.74, 6) is -0.859. The smallest absolute Gasteiger partial charge is 0.254 e. The maximum atomic E-state index is 15.1. The third kappa shape index (κ3) is 6.98. The molecule has 0 saturated carbocycles. The highest BCUT2D eigenvalue weighted by Crippen LogP contribution is 2.45. The molecule has 4 aliphatic heterocycles. The first kappa shape index (κ1) is 35.2. The molecule has 0 aliphatic carbocycles. The van der Waals surface area contributed by atoms with Gasteiger partial charge in [0.25, 0.3) is 5.91 Å². The standard InChI is InChI=1S/C39H42FN9O5/c1-2-39-19-26(22-49(39)32-18-31(45-46-36(32)42-23-39)28-5-3-4-6-33(28)50)54-35-12-7-24(20-41-35)21-47-13-15-48(16-14-47)25-8-9-27(29(40)17-25)37(52)43-30-10-11-34(51)44-38(30)53/h3-9,12,17-18,20,26,30,50H,2,10-11,13-16,19,21-23H2,1H3,(H,42,46)(H,43,52)(H,44,51,53)/t26-,30?,39+/m1/s1. The number of pyridine rings is 1. The molecule has 4 aromatic rings. The zero-order chi connectivity index (χ0) is 37.4. The second kappa shape index (κ2) is 14.5. The molecule has 0 bridgehead atoms. The van der Waals surface area contributed by atoms with Crippen LogP contribution in [-0.2, 0) is 16.1 Å². The number of phenolic OH excluding ortho intramolecular Hbond substituents is 1. The molecule has 2 aromatic carbocycles. The van der Waals surface area contributed by atoms with E-state index in [9.17, 15) is 19.5 Å². The number of benzene rings is 2. The van der Waals surface area contributed by atoms with Crippen LogP contribution in [0.4, 0.5) is 21.6 Å². The molecule has 0 radical (unpaired) electrons. The fourth-order valence-corrected chi connectivity index (χ4v) is 7.96. The largest absolute Gasteiger partial charge is 0.507 e. The van der Waals surface area contributed by atoms with Gasteiger partial charge in [0, 0.05) is 75.6 Å². The average molecular weight is 736 g/mol. The van der Waals surface area contributed by atoms with Gasteiger partial charge in [-0.25, -0.2) is 9.37 Å². The Balaban J connectivity index is 0.845. The monoisotopic (exact) mass is 735 g/mol. The molecule has 15 heteroatoms. The van der Waals surface area contributed by atoms with Crippen LogP contribution in [0.15, 0.2) is 66.9 Å². The third-order valence-electron chi connectivity index (χ3n) is 11.0. The van der Waals surface area contributed by atoms with Crippen LogP contribution in [0.2, 0.25) is 0 Å². The summed E-state index contributed by atoms with van der Waals surface area (Å²) in [7, 11) is 0. The quantitative estimate of drug-likeness (QED) is 0.185. The number of carbonyl (C=O) groups is 3. The molecule has 280 valence electrons. The third-order valence-corrected chi connectivity index (χ3v) is 11.0. The normalized spacial score (nSPS) is 22.6. The van der Waals surface area contributed by atoms with Gasteiger partial charge in [0.1, 0.15) is 23.7 Å². The number of imide groups is 1. The van der Waals surface area contributed by atoms with Gasteiger partial charge < -0.3 is 30.3 Å². The van der Waals surface area contributed by atoms with Crippen molar-refractivity contribution in [1.82, 2.24) is 30.7 Å². The van der Waals surface area contributed by atoms with E-state index < -0.39 is 23.7 Å². The number of nitrogens with one attached hydrogen (secondary N) is 3. The van der Waals surface area contributed by atoms with Gasteiger partial charge in [-0.15, -0.1) is 10.2 Å². The first-order valence-electron chi connectivity index (χ1n) is 18.4. The molecule has 54 heavy (non-hydrogen) atoms. The fraction of sp³-hybridized carbons (Fsp3) is 0.385. The lowest BCUT2D eigenvalue weighted by atomic mass is 9.90. The van der Waals surface area contributed by atoms with Crippen molar-refractivity contribution < 1.29 is 28.6 Å². The molecule has 0 spiro atoms. The lowest BCUT2D eigenvalue weighted by molar-refractivity contribution is -0.134. The van der Waals surface area contributed by atoms with Crippen molar-refractivity contribution in [2.45, 2.75) is 56.8 Å². The van der Waals surface area contributed by atoms with Gasteiger partial charge in [-0.05, 0) is 54.8 Å². The average Bonchev–Trinajstić information content (AvgIpc) is 3.56. The minimum absolute atomic E-state index is 0.0792. The first-order valence-corrected chi connectivity index (χ1v) is 18.4. The Kier molecular flexibility index (Phi) is 9.48.